The molecule has 132 valence electrons. The Morgan fingerprint density at radius 1 is 1.16 bits per heavy atom. The van der Waals surface area contributed by atoms with E-state index < -0.39 is 5.97 Å². The van der Waals surface area contributed by atoms with Crippen LogP contribution in [0.4, 0.5) is 0 Å². The SMILES string of the molecule is COc1cc2c(cc1OC)C(N(CC(=O)O)Cc1ccccc1)CC2. The van der Waals surface area contributed by atoms with Gasteiger partial charge in [-0.1, -0.05) is 30.3 Å². The van der Waals surface area contributed by atoms with Gasteiger partial charge in [0.05, 0.1) is 20.8 Å². The van der Waals surface area contributed by atoms with E-state index in [-0.39, 0.29) is 12.6 Å². The summed E-state index contributed by atoms with van der Waals surface area (Å²) in [6.07, 6.45) is 1.80. The molecule has 2 aromatic carbocycles. The molecule has 0 spiro atoms. The third-order valence-electron chi connectivity index (χ3n) is 4.70. The number of aryl methyl sites for hydroxylation is 1. The zero-order valence-corrected chi connectivity index (χ0v) is 14.6. The predicted molar refractivity (Wildman–Crippen MR) is 95.1 cm³/mol. The molecule has 0 fully saturated rings. The van der Waals surface area contributed by atoms with E-state index in [0.717, 1.165) is 29.7 Å². The molecule has 1 N–H and O–H groups in total. The zero-order valence-electron chi connectivity index (χ0n) is 14.6. The molecular weight excluding hydrogens is 318 g/mol. The molecule has 2 aromatic rings. The second-order valence-electron chi connectivity index (χ2n) is 6.24. The van der Waals surface area contributed by atoms with Crippen LogP contribution in [0.3, 0.4) is 0 Å². The van der Waals surface area contributed by atoms with Crippen LogP contribution in [0.5, 0.6) is 11.5 Å². The van der Waals surface area contributed by atoms with Gasteiger partial charge in [0.1, 0.15) is 0 Å². The summed E-state index contributed by atoms with van der Waals surface area (Å²) >= 11 is 0. The van der Waals surface area contributed by atoms with Gasteiger partial charge in [-0.25, -0.2) is 0 Å². The van der Waals surface area contributed by atoms with Crippen LogP contribution < -0.4 is 9.47 Å². The van der Waals surface area contributed by atoms with Crippen molar-refractivity contribution in [3.05, 3.63) is 59.2 Å². The van der Waals surface area contributed by atoms with Gasteiger partial charge in [-0.05, 0) is 41.7 Å². The largest absolute Gasteiger partial charge is 0.493 e. The molecule has 0 radical (unpaired) electrons. The van der Waals surface area contributed by atoms with Crippen LogP contribution in [0.15, 0.2) is 42.5 Å². The average Bonchev–Trinajstić information content (AvgIpc) is 3.03. The Morgan fingerprint density at radius 3 is 2.48 bits per heavy atom. The maximum atomic E-state index is 11.4. The van der Waals surface area contributed by atoms with E-state index in [1.807, 2.05) is 47.4 Å². The molecule has 1 atom stereocenters. The highest BCUT2D eigenvalue weighted by molar-refractivity contribution is 5.69. The first-order valence-corrected chi connectivity index (χ1v) is 8.37. The number of hydrogen-bond donors (Lipinski definition) is 1. The molecule has 0 bridgehead atoms. The smallest absolute Gasteiger partial charge is 0.317 e. The van der Waals surface area contributed by atoms with Crippen LogP contribution in [0.2, 0.25) is 0 Å². The second kappa shape index (κ2) is 7.57. The van der Waals surface area contributed by atoms with Gasteiger partial charge < -0.3 is 14.6 Å². The Labute approximate surface area is 147 Å². The highest BCUT2D eigenvalue weighted by atomic mass is 16.5. The van der Waals surface area contributed by atoms with E-state index in [9.17, 15) is 9.90 Å². The first kappa shape index (κ1) is 17.3. The summed E-state index contributed by atoms with van der Waals surface area (Å²) in [6, 6.07) is 14.0. The molecule has 1 aliphatic carbocycles. The van der Waals surface area contributed by atoms with Crippen LogP contribution >= 0.6 is 0 Å². The van der Waals surface area contributed by atoms with E-state index in [0.29, 0.717) is 12.3 Å². The Balaban J connectivity index is 1.92. The minimum absolute atomic E-state index is 0.00729. The number of methoxy groups -OCH3 is 2. The van der Waals surface area contributed by atoms with Gasteiger partial charge in [0.2, 0.25) is 0 Å². The molecule has 0 saturated heterocycles. The van der Waals surface area contributed by atoms with E-state index >= 15 is 0 Å². The number of ether oxygens (including phenoxy) is 2. The number of benzene rings is 2. The number of nitrogens with zero attached hydrogens (tertiary/aromatic N) is 1. The summed E-state index contributed by atoms with van der Waals surface area (Å²) in [7, 11) is 3.25. The number of aliphatic carboxylic acids is 1. The normalized spacial score (nSPS) is 15.9. The predicted octanol–water partition coefficient (Wildman–Crippen LogP) is 3.28. The highest BCUT2D eigenvalue weighted by Crippen LogP contribution is 2.42. The van der Waals surface area contributed by atoms with Gasteiger partial charge in [0.25, 0.3) is 0 Å². The summed E-state index contributed by atoms with van der Waals surface area (Å²) in [4.78, 5) is 13.4. The van der Waals surface area contributed by atoms with Crippen molar-refractivity contribution in [2.75, 3.05) is 20.8 Å². The lowest BCUT2D eigenvalue weighted by molar-refractivity contribution is -0.139. The van der Waals surface area contributed by atoms with Crippen molar-refractivity contribution in [2.24, 2.45) is 0 Å². The third kappa shape index (κ3) is 3.77. The zero-order chi connectivity index (χ0) is 17.8. The Hall–Kier alpha value is -2.53. The number of carbonyl (C=O) groups is 1. The Morgan fingerprint density at radius 2 is 1.84 bits per heavy atom. The van der Waals surface area contributed by atoms with Gasteiger partial charge >= 0.3 is 5.97 Å². The molecule has 1 unspecified atom stereocenters. The lowest BCUT2D eigenvalue weighted by Gasteiger charge is -2.28. The minimum atomic E-state index is -0.815. The van der Waals surface area contributed by atoms with E-state index in [1.165, 1.54) is 5.56 Å². The van der Waals surface area contributed by atoms with Crippen LogP contribution in [-0.2, 0) is 17.8 Å². The first-order chi connectivity index (χ1) is 12.1. The van der Waals surface area contributed by atoms with Crippen LogP contribution in [-0.4, -0.2) is 36.7 Å². The number of carboxylic acids is 1. The quantitative estimate of drug-likeness (QED) is 0.837. The van der Waals surface area contributed by atoms with Crippen molar-refractivity contribution >= 4 is 5.97 Å². The van der Waals surface area contributed by atoms with Crippen LogP contribution in [0, 0.1) is 0 Å². The van der Waals surface area contributed by atoms with Gasteiger partial charge in [0, 0.05) is 12.6 Å². The fraction of sp³-hybridized carbons (Fsp3) is 0.350. The second-order valence-corrected chi connectivity index (χ2v) is 6.24. The summed E-state index contributed by atoms with van der Waals surface area (Å²) in [5, 5.41) is 9.37. The van der Waals surface area contributed by atoms with Crippen LogP contribution in [0.25, 0.3) is 0 Å². The molecule has 5 heteroatoms. The number of carboxylic acid groups (broad SMARTS) is 1. The van der Waals surface area contributed by atoms with Crippen molar-refractivity contribution in [3.8, 4) is 11.5 Å². The van der Waals surface area contributed by atoms with Crippen molar-refractivity contribution < 1.29 is 19.4 Å². The van der Waals surface area contributed by atoms with Gasteiger partial charge in [-0.15, -0.1) is 0 Å². The van der Waals surface area contributed by atoms with E-state index in [4.69, 9.17) is 9.47 Å². The van der Waals surface area contributed by atoms with Gasteiger partial charge in [-0.3, -0.25) is 9.69 Å². The van der Waals surface area contributed by atoms with Crippen molar-refractivity contribution in [1.29, 1.82) is 0 Å². The lowest BCUT2D eigenvalue weighted by atomic mass is 10.0. The molecule has 0 amide bonds. The third-order valence-corrected chi connectivity index (χ3v) is 4.70. The Kier molecular flexibility index (Phi) is 5.24. The number of fused-ring (bicyclic) bond motifs is 1. The molecule has 0 saturated carbocycles. The number of hydrogen-bond acceptors (Lipinski definition) is 4. The Bertz CT molecular complexity index is 745. The highest BCUT2D eigenvalue weighted by Gasteiger charge is 2.30. The molecule has 25 heavy (non-hydrogen) atoms. The molecule has 3 rings (SSSR count). The molecule has 0 aliphatic heterocycles. The average molecular weight is 341 g/mol. The van der Waals surface area contributed by atoms with Crippen molar-refractivity contribution in [1.82, 2.24) is 4.90 Å². The van der Waals surface area contributed by atoms with Crippen molar-refractivity contribution in [3.63, 3.8) is 0 Å². The maximum Gasteiger partial charge on any atom is 0.317 e. The number of rotatable bonds is 7. The molecule has 1 aliphatic rings. The van der Waals surface area contributed by atoms with Crippen LogP contribution in [0.1, 0.15) is 29.2 Å². The molecular formula is C20H23NO4. The monoisotopic (exact) mass is 341 g/mol. The minimum Gasteiger partial charge on any atom is -0.493 e. The fourth-order valence-electron chi connectivity index (χ4n) is 3.56. The lowest BCUT2D eigenvalue weighted by Crippen LogP contribution is -2.32. The molecule has 0 heterocycles. The van der Waals surface area contributed by atoms with E-state index in [2.05, 4.69) is 0 Å². The van der Waals surface area contributed by atoms with Crippen molar-refractivity contribution in [2.45, 2.75) is 25.4 Å². The van der Waals surface area contributed by atoms with Gasteiger partial charge in [0.15, 0.2) is 11.5 Å². The summed E-state index contributed by atoms with van der Waals surface area (Å²) in [5.41, 5.74) is 3.44. The molecule has 0 aromatic heterocycles. The fourth-order valence-corrected chi connectivity index (χ4v) is 3.56. The molecule has 5 nitrogen and oxygen atoms in total. The topological polar surface area (TPSA) is 59.0 Å². The standard InChI is InChI=1S/C20H23NO4/c1-24-18-10-15-8-9-17(16(15)11-19(18)25-2)21(13-20(22)23)12-14-6-4-3-5-7-14/h3-7,10-11,17H,8-9,12-13H2,1-2H3,(H,22,23). The maximum absolute atomic E-state index is 11.4. The van der Waals surface area contributed by atoms with Gasteiger partial charge in [-0.2, -0.15) is 0 Å². The summed E-state index contributed by atoms with van der Waals surface area (Å²) in [5.74, 6) is 0.586. The first-order valence-electron chi connectivity index (χ1n) is 8.37. The summed E-state index contributed by atoms with van der Waals surface area (Å²) < 4.78 is 10.8. The van der Waals surface area contributed by atoms with E-state index in [1.54, 1.807) is 14.2 Å². The summed E-state index contributed by atoms with van der Waals surface area (Å²) in [6.45, 7) is 0.610.